The third kappa shape index (κ3) is 23.3. The van der Waals surface area contributed by atoms with Crippen LogP contribution in [0.25, 0.3) is 87.9 Å². The van der Waals surface area contributed by atoms with Crippen molar-refractivity contribution in [1.29, 1.82) is 10.7 Å². The Labute approximate surface area is 791 Å². The van der Waals surface area contributed by atoms with E-state index in [1.165, 1.54) is 79.4 Å². The number of rotatable bonds is 17. The third-order valence-electron chi connectivity index (χ3n) is 19.1. The molecule has 0 fully saturated rings. The smallest absolute Gasteiger partial charge is 0.393 e. The van der Waals surface area contributed by atoms with Gasteiger partial charge < -0.3 is 41.8 Å². The fourth-order valence-corrected chi connectivity index (χ4v) is 13.5. The van der Waals surface area contributed by atoms with Gasteiger partial charge >= 0.3 is 6.29 Å². The summed E-state index contributed by atoms with van der Waals surface area (Å²) < 4.78 is 145. The van der Waals surface area contributed by atoms with Crippen molar-refractivity contribution >= 4 is 130 Å². The number of anilines is 5. The Bertz CT molecular complexity index is 7730. The van der Waals surface area contributed by atoms with Crippen molar-refractivity contribution in [2.24, 2.45) is 26.2 Å². The second kappa shape index (κ2) is 44.5. The number of fused-ring (bicyclic) bond motifs is 5. The minimum absolute atomic E-state index is 0. The summed E-state index contributed by atoms with van der Waals surface area (Å²) in [4.78, 5) is 42.7. The number of benzene rings is 7. The molecule has 33 nitrogen and oxygen atoms in total. The predicted molar refractivity (Wildman–Crippen MR) is 492 cm³/mol. The van der Waals surface area contributed by atoms with Crippen LogP contribution in [0.5, 0.6) is 0 Å². The number of hydrogen-bond acceptors (Lipinski definition) is 25. The molecular formula is C91H67F10IN33Pd-. The Morgan fingerprint density at radius 1 is 0.397 bits per heavy atom. The van der Waals surface area contributed by atoms with Crippen molar-refractivity contribution < 1.29 is 64.3 Å². The number of pyridine rings is 5. The zero-order valence-corrected chi connectivity index (χ0v) is 74.0. The van der Waals surface area contributed by atoms with Gasteiger partial charge in [-0.05, 0) is 113 Å². The fourth-order valence-electron chi connectivity index (χ4n) is 12.8. The molecule has 0 aliphatic rings. The second-order valence-corrected chi connectivity index (χ2v) is 29.2. The van der Waals surface area contributed by atoms with Crippen LogP contribution in [-0.2, 0) is 53.1 Å². The third-order valence-corrected chi connectivity index (χ3v) is 19.9. The van der Waals surface area contributed by atoms with Crippen molar-refractivity contribution in [3.05, 3.63) is 375 Å². The van der Waals surface area contributed by atoms with Gasteiger partial charge in [0.05, 0.1) is 102 Å². The van der Waals surface area contributed by atoms with Crippen LogP contribution in [0.1, 0.15) is 39.2 Å². The number of nitrogen functional groups attached to an aromatic ring is 6. The summed E-state index contributed by atoms with van der Waals surface area (Å²) in [5, 5.41) is 55.2. The maximum atomic E-state index is 14.2. The Morgan fingerprint density at radius 3 is 1.07 bits per heavy atom. The SMILES string of the molecule is Fc1cnc2c(c1)c(I)nn2Cc1ccccc1F.N#Cc1nn(Cc2ccccc2F)c2ncc(F)cc12.N=C(N)c1nn(Cc2ccccc2F)c2ncc(F)cc12.Nc1nc(-c2nn(Cc3ccccc3F)c3ncc(F)cc23)nc(N)c1N.Nc1nc(-c2nn(Cc3ccccc3F)c3ncc(F)cc23)nc(N)c1N=Nc1ccccc1.[C-]#[N+]C(N=Nc1ccccc1)[N+]#[C-].[CH3-].[Pd]. The summed E-state index contributed by atoms with van der Waals surface area (Å²) in [6.07, 6.45) is 4.30. The van der Waals surface area contributed by atoms with Gasteiger partial charge in [-0.2, -0.15) is 35.9 Å². The first-order valence-electron chi connectivity index (χ1n) is 39.1. The zero-order chi connectivity index (χ0) is 94.8. The van der Waals surface area contributed by atoms with Crippen molar-refractivity contribution in [2.75, 3.05) is 28.7 Å². The summed E-state index contributed by atoms with van der Waals surface area (Å²) in [6, 6.07) is 57.8. The molecule has 0 radical (unpaired) electrons. The van der Waals surface area contributed by atoms with E-state index in [0.29, 0.717) is 98.1 Å². The van der Waals surface area contributed by atoms with Gasteiger partial charge in [-0.1, -0.05) is 127 Å². The molecule has 684 valence electrons. The number of hydrogen-bond donors (Lipinski definition) is 7. The molecule has 0 aliphatic heterocycles. The fraction of sp³-hybridized carbons (Fsp3) is 0.0659. The largest absolute Gasteiger partial charge is 0.602 e. The van der Waals surface area contributed by atoms with Crippen LogP contribution in [0, 0.1) is 99.2 Å². The standard InChI is InChI=1S/C23H17F2N9.C17H14F2N8.C14H11F2N5.C14H8F2N4.C13H8F2IN3.C9H6N4.CH3.Pd/c24-14-10-16-18(33-34(23(16)28-11-14)12-13-6-4-5-9-17(13)25)22-29-20(26)19(21(27)30-22)32-31-15-7-2-1-3-8-15;18-9-5-10-13(16-24-14(21)12(20)15(22)25-16)26-27(17(10)23-6-9)7-8-3-1-2-4-11(8)19;15-9-5-10-12(13(17)18)20-21(14(10)19-6-9)7-8-3-1-2-4-11(8)16;15-10-5-11-13(6-17)19-20(14(11)18-7-10)8-9-3-1-2-4-12(9)16;14-9-5-10-12(16)18-19(13(10)17-6-9)7-8-3-1-2-4-11(8)15;1-10-9(11-2)13-12-8-6-4-3-5-7-8;;/h1-11H,12H2,(H4,26,27,29,30);1-6H,7,20H2,(H4,21,22,24,25);1-6H,7H2,(H3,17,18);1-5,7H,8H2;1-6H,7H2;3-7,9H;1H3;/q;;;;;;-1;. The Hall–Kier alpha value is -17.4. The molecule has 0 atom stereocenters. The summed E-state index contributed by atoms with van der Waals surface area (Å²) in [6.45, 7) is 13.8. The molecule has 0 bridgehead atoms. The maximum Gasteiger partial charge on any atom is 0.602 e. The molecule has 13 N–H and O–H groups in total. The van der Waals surface area contributed by atoms with E-state index in [-0.39, 0.29) is 159 Å². The molecule has 45 heteroatoms. The van der Waals surface area contributed by atoms with Crippen LogP contribution >= 0.6 is 22.6 Å². The van der Waals surface area contributed by atoms with Gasteiger partial charge in [-0.25, -0.2) is 135 Å². The summed E-state index contributed by atoms with van der Waals surface area (Å²) >= 11 is 2.01. The summed E-state index contributed by atoms with van der Waals surface area (Å²) in [7, 11) is 0. The van der Waals surface area contributed by atoms with E-state index in [1.807, 2.05) is 65.1 Å². The Kier molecular flexibility index (Phi) is 32.0. The minimum atomic E-state index is -1.04. The number of amidine groups is 1. The van der Waals surface area contributed by atoms with Gasteiger partial charge in [-0.15, -0.1) is 10.2 Å². The minimum Gasteiger partial charge on any atom is -0.393 e. The molecule has 19 aromatic rings. The summed E-state index contributed by atoms with van der Waals surface area (Å²) in [5.41, 5.74) is 40.9. The van der Waals surface area contributed by atoms with Crippen LogP contribution in [-0.4, -0.2) is 106 Å². The number of nitrogens with one attached hydrogen (secondary N) is 1. The van der Waals surface area contributed by atoms with E-state index >= 15 is 0 Å². The van der Waals surface area contributed by atoms with Crippen LogP contribution in [0.2, 0.25) is 0 Å². The molecule has 136 heavy (non-hydrogen) atoms. The molecule has 19 rings (SSSR count). The van der Waals surface area contributed by atoms with Crippen molar-refractivity contribution in [2.45, 2.75) is 39.0 Å². The maximum absolute atomic E-state index is 14.2. The van der Waals surface area contributed by atoms with Gasteiger partial charge in [0.25, 0.3) is 0 Å². The molecule has 7 aromatic carbocycles. The van der Waals surface area contributed by atoms with Crippen molar-refractivity contribution in [1.82, 2.24) is 93.8 Å². The Morgan fingerprint density at radius 2 is 0.699 bits per heavy atom. The number of nitrogens with zero attached hydrogens (tertiary/aromatic N) is 26. The second-order valence-electron chi connectivity index (χ2n) is 28.2. The van der Waals surface area contributed by atoms with Crippen molar-refractivity contribution in [3.63, 3.8) is 0 Å². The van der Waals surface area contributed by atoms with Crippen LogP contribution in [0.4, 0.5) is 89.9 Å². The van der Waals surface area contributed by atoms with Gasteiger partial charge in [0.2, 0.25) is 0 Å². The number of nitriles is 1. The normalized spacial score (nSPS) is 10.8. The van der Waals surface area contributed by atoms with E-state index in [0.717, 1.165) is 31.0 Å². The van der Waals surface area contributed by atoms with Gasteiger partial charge in [0.15, 0.2) is 74.5 Å². The van der Waals surface area contributed by atoms with E-state index in [9.17, 15) is 43.9 Å². The first-order chi connectivity index (χ1) is 64.7. The quantitative estimate of drug-likeness (QED) is 0.00846. The summed E-state index contributed by atoms with van der Waals surface area (Å²) in [5.74, 6) is -4.68. The van der Waals surface area contributed by atoms with Crippen LogP contribution in [0.3, 0.4) is 0 Å². The molecule has 12 aromatic heterocycles. The van der Waals surface area contributed by atoms with Gasteiger partial charge in [-0.3, -0.25) is 5.41 Å². The van der Waals surface area contributed by atoms with E-state index in [4.69, 9.17) is 58.2 Å². The molecule has 0 aliphatic carbocycles. The number of halogens is 11. The van der Waals surface area contributed by atoms with Crippen molar-refractivity contribution in [3.8, 4) is 29.1 Å². The van der Waals surface area contributed by atoms with Gasteiger partial charge in [0.1, 0.15) is 96.5 Å². The average molecular weight is 2050 g/mol. The van der Waals surface area contributed by atoms with Gasteiger partial charge in [0, 0.05) is 48.2 Å². The molecule has 0 saturated heterocycles. The van der Waals surface area contributed by atoms with Crippen LogP contribution < -0.4 is 34.4 Å². The molecule has 0 saturated carbocycles. The average Bonchev–Trinajstić information content (AvgIpc) is 1.67. The number of nitrogens with two attached hydrogens (primary N) is 6. The first kappa shape index (κ1) is 97.7. The zero-order valence-electron chi connectivity index (χ0n) is 70.3. The first-order valence-corrected chi connectivity index (χ1v) is 40.2. The molecule has 12 heterocycles. The molecular weight excluding hydrogens is 1980 g/mol. The topological polar surface area (TPSA) is 467 Å². The molecule has 0 spiro atoms. The van der Waals surface area contributed by atoms with E-state index < -0.39 is 41.2 Å². The predicted octanol–water partition coefficient (Wildman–Crippen LogP) is 18.1. The van der Waals surface area contributed by atoms with E-state index in [1.54, 1.807) is 120 Å². The molecule has 0 amide bonds. The van der Waals surface area contributed by atoms with E-state index in [2.05, 4.69) is 100 Å². The van der Waals surface area contributed by atoms with Crippen LogP contribution in [0.15, 0.2) is 264 Å². The number of azo groups is 2. The monoisotopic (exact) mass is 2040 g/mol. The Balaban J connectivity index is 0.000000150. The number of aromatic nitrogens is 19. The molecule has 0 unspecified atom stereocenters.